The third kappa shape index (κ3) is 4.47. The first-order chi connectivity index (χ1) is 11.7. The lowest BCUT2D eigenvalue weighted by Crippen LogP contribution is -2.10. The van der Waals surface area contributed by atoms with Crippen LogP contribution in [0.2, 0.25) is 0 Å². The summed E-state index contributed by atoms with van der Waals surface area (Å²) in [5, 5.41) is 7.48. The highest BCUT2D eigenvalue weighted by atomic mass is 79.9. The molecule has 1 aliphatic rings. The Kier molecular flexibility index (Phi) is 5.72. The fraction of sp³-hybridized carbons (Fsp3) is 0.474. The number of halogens is 1. The van der Waals surface area contributed by atoms with Crippen LogP contribution in [0, 0.1) is 5.92 Å². The molecule has 0 radical (unpaired) electrons. The maximum atomic E-state index is 12.4. The number of hydrogen-bond acceptors (Lipinski definition) is 3. The average Bonchev–Trinajstić information content (AvgIpc) is 3.30. The molecule has 4 nitrogen and oxygen atoms in total. The van der Waals surface area contributed by atoms with Gasteiger partial charge in [0.05, 0.1) is 18.0 Å². The number of esters is 1. The number of benzene rings is 1. The summed E-state index contributed by atoms with van der Waals surface area (Å²) in [5.74, 6) is 0.636. The molecule has 1 N–H and O–H groups in total. The SMILES string of the molecule is CCOC(=O)c1c(CCCC2CC2)n[nH]c1Cc1ccc(Br)cc1. The lowest BCUT2D eigenvalue weighted by Gasteiger charge is -2.06. The van der Waals surface area contributed by atoms with Crippen molar-refractivity contribution in [3.05, 3.63) is 51.3 Å². The van der Waals surface area contributed by atoms with Crippen molar-refractivity contribution in [2.45, 2.75) is 45.4 Å². The Balaban J connectivity index is 1.76. The molecule has 0 aliphatic heterocycles. The van der Waals surface area contributed by atoms with Crippen LogP contribution in [0.4, 0.5) is 0 Å². The van der Waals surface area contributed by atoms with Crippen molar-refractivity contribution < 1.29 is 9.53 Å². The van der Waals surface area contributed by atoms with Gasteiger partial charge in [-0.05, 0) is 43.4 Å². The first kappa shape index (κ1) is 17.2. The summed E-state index contributed by atoms with van der Waals surface area (Å²) in [7, 11) is 0. The highest BCUT2D eigenvalue weighted by Crippen LogP contribution is 2.34. The zero-order chi connectivity index (χ0) is 16.9. The topological polar surface area (TPSA) is 55.0 Å². The van der Waals surface area contributed by atoms with Crippen molar-refractivity contribution in [3.8, 4) is 0 Å². The smallest absolute Gasteiger partial charge is 0.341 e. The molecule has 1 heterocycles. The molecule has 5 heteroatoms. The van der Waals surface area contributed by atoms with E-state index in [0.717, 1.165) is 40.2 Å². The highest BCUT2D eigenvalue weighted by Gasteiger charge is 2.24. The largest absolute Gasteiger partial charge is 0.462 e. The van der Waals surface area contributed by atoms with Gasteiger partial charge in [-0.1, -0.05) is 47.3 Å². The quantitative estimate of drug-likeness (QED) is 0.666. The molecule has 128 valence electrons. The molecule has 0 bridgehead atoms. The Morgan fingerprint density at radius 3 is 2.75 bits per heavy atom. The van der Waals surface area contributed by atoms with Crippen LogP contribution < -0.4 is 0 Å². The number of aromatic nitrogens is 2. The van der Waals surface area contributed by atoms with Gasteiger partial charge in [0, 0.05) is 10.9 Å². The van der Waals surface area contributed by atoms with Crippen LogP contribution in [0.1, 0.15) is 59.9 Å². The lowest BCUT2D eigenvalue weighted by molar-refractivity contribution is 0.0524. The van der Waals surface area contributed by atoms with Crippen molar-refractivity contribution in [2.24, 2.45) is 5.92 Å². The molecule has 1 aromatic carbocycles. The maximum absolute atomic E-state index is 12.4. The summed E-state index contributed by atoms with van der Waals surface area (Å²) >= 11 is 3.44. The molecular weight excluding hydrogens is 368 g/mol. The first-order valence-corrected chi connectivity index (χ1v) is 9.44. The van der Waals surface area contributed by atoms with E-state index in [2.05, 4.69) is 26.1 Å². The van der Waals surface area contributed by atoms with E-state index in [-0.39, 0.29) is 5.97 Å². The number of aromatic amines is 1. The van der Waals surface area contributed by atoms with Gasteiger partial charge in [0.2, 0.25) is 0 Å². The fourth-order valence-electron chi connectivity index (χ4n) is 2.95. The van der Waals surface area contributed by atoms with Crippen LogP contribution in [-0.4, -0.2) is 22.8 Å². The number of nitrogens with one attached hydrogen (secondary N) is 1. The summed E-state index contributed by atoms with van der Waals surface area (Å²) in [4.78, 5) is 12.4. The Labute approximate surface area is 151 Å². The molecule has 0 saturated heterocycles. The first-order valence-electron chi connectivity index (χ1n) is 8.65. The van der Waals surface area contributed by atoms with Gasteiger partial charge in [0.25, 0.3) is 0 Å². The second-order valence-electron chi connectivity index (χ2n) is 6.38. The van der Waals surface area contributed by atoms with Gasteiger partial charge in [-0.25, -0.2) is 4.79 Å². The molecule has 24 heavy (non-hydrogen) atoms. The van der Waals surface area contributed by atoms with Crippen molar-refractivity contribution in [1.29, 1.82) is 0 Å². The van der Waals surface area contributed by atoms with Gasteiger partial charge >= 0.3 is 5.97 Å². The predicted molar refractivity (Wildman–Crippen MR) is 97.2 cm³/mol. The molecule has 2 aromatic rings. The molecule has 1 aromatic heterocycles. The van der Waals surface area contributed by atoms with Crippen molar-refractivity contribution in [3.63, 3.8) is 0 Å². The van der Waals surface area contributed by atoms with Gasteiger partial charge in [-0.15, -0.1) is 0 Å². The third-order valence-corrected chi connectivity index (χ3v) is 4.94. The molecule has 1 saturated carbocycles. The molecule has 1 fully saturated rings. The highest BCUT2D eigenvalue weighted by molar-refractivity contribution is 9.10. The van der Waals surface area contributed by atoms with Gasteiger partial charge in [0.15, 0.2) is 0 Å². The lowest BCUT2D eigenvalue weighted by atomic mass is 10.0. The van der Waals surface area contributed by atoms with Crippen LogP contribution in [0.25, 0.3) is 0 Å². The van der Waals surface area contributed by atoms with E-state index in [1.54, 1.807) is 0 Å². The number of carbonyl (C=O) groups excluding carboxylic acids is 1. The molecule has 3 rings (SSSR count). The summed E-state index contributed by atoms with van der Waals surface area (Å²) in [5.41, 5.74) is 3.46. The minimum absolute atomic E-state index is 0.264. The Morgan fingerprint density at radius 1 is 1.33 bits per heavy atom. The maximum Gasteiger partial charge on any atom is 0.341 e. The predicted octanol–water partition coefficient (Wildman–Crippen LogP) is 4.67. The van der Waals surface area contributed by atoms with E-state index >= 15 is 0 Å². The van der Waals surface area contributed by atoms with E-state index in [1.807, 2.05) is 31.2 Å². The van der Waals surface area contributed by atoms with Gasteiger partial charge in [-0.3, -0.25) is 5.10 Å². The third-order valence-electron chi connectivity index (χ3n) is 4.41. The van der Waals surface area contributed by atoms with E-state index in [0.29, 0.717) is 18.6 Å². The van der Waals surface area contributed by atoms with Crippen LogP contribution in [0.15, 0.2) is 28.7 Å². The van der Waals surface area contributed by atoms with E-state index in [1.165, 1.54) is 19.3 Å². The van der Waals surface area contributed by atoms with Crippen LogP contribution >= 0.6 is 15.9 Å². The van der Waals surface area contributed by atoms with E-state index in [4.69, 9.17) is 4.74 Å². The number of hydrogen-bond donors (Lipinski definition) is 1. The van der Waals surface area contributed by atoms with Crippen molar-refractivity contribution in [1.82, 2.24) is 10.2 Å². The summed E-state index contributed by atoms with van der Waals surface area (Å²) < 4.78 is 6.30. The monoisotopic (exact) mass is 390 g/mol. The van der Waals surface area contributed by atoms with Gasteiger partial charge < -0.3 is 4.74 Å². The van der Waals surface area contributed by atoms with Crippen LogP contribution in [0.3, 0.4) is 0 Å². The zero-order valence-corrected chi connectivity index (χ0v) is 15.6. The van der Waals surface area contributed by atoms with E-state index < -0.39 is 0 Å². The van der Waals surface area contributed by atoms with Gasteiger partial charge in [-0.2, -0.15) is 5.10 Å². The van der Waals surface area contributed by atoms with Crippen molar-refractivity contribution in [2.75, 3.05) is 6.61 Å². The molecule has 0 amide bonds. The van der Waals surface area contributed by atoms with Crippen molar-refractivity contribution >= 4 is 21.9 Å². The van der Waals surface area contributed by atoms with Crippen LogP contribution in [0.5, 0.6) is 0 Å². The average molecular weight is 391 g/mol. The molecule has 1 aliphatic carbocycles. The summed E-state index contributed by atoms with van der Waals surface area (Å²) in [6.45, 7) is 2.21. The Hall–Kier alpha value is -1.62. The molecule has 0 unspecified atom stereocenters. The Bertz CT molecular complexity index is 690. The van der Waals surface area contributed by atoms with E-state index in [9.17, 15) is 4.79 Å². The molecule has 0 spiro atoms. The van der Waals surface area contributed by atoms with Crippen LogP contribution in [-0.2, 0) is 17.6 Å². The second kappa shape index (κ2) is 7.97. The summed E-state index contributed by atoms with van der Waals surface area (Å²) in [6, 6.07) is 8.11. The molecule has 0 atom stereocenters. The standard InChI is InChI=1S/C19H23BrN2O2/c1-2-24-19(23)18-16(5-3-4-13-6-7-13)21-22-17(18)12-14-8-10-15(20)11-9-14/h8-11,13H,2-7,12H2,1H3,(H,21,22). The number of rotatable bonds is 8. The normalized spacial score (nSPS) is 13.9. The zero-order valence-electron chi connectivity index (χ0n) is 14.0. The fourth-order valence-corrected chi connectivity index (χ4v) is 3.21. The number of carbonyl (C=O) groups is 1. The summed E-state index contributed by atoms with van der Waals surface area (Å²) in [6.07, 6.45) is 6.52. The number of aryl methyl sites for hydroxylation is 1. The number of nitrogens with zero attached hydrogens (tertiary/aromatic N) is 1. The minimum atomic E-state index is -0.264. The minimum Gasteiger partial charge on any atom is -0.462 e. The molecular formula is C19H23BrN2O2. The Morgan fingerprint density at radius 2 is 2.08 bits per heavy atom. The number of H-pyrrole nitrogens is 1. The number of ether oxygens (including phenoxy) is 1. The van der Waals surface area contributed by atoms with Gasteiger partial charge in [0.1, 0.15) is 5.56 Å². The second-order valence-corrected chi connectivity index (χ2v) is 7.30.